The normalized spacial score (nSPS) is 10.7. The summed E-state index contributed by atoms with van der Waals surface area (Å²) in [5.41, 5.74) is 1.85. The molecule has 1 aromatic heterocycles. The standard InChI is InChI=1S/C17H14ClNO2/c18-14-7-5-12(6-8-14)9-10-19-17(20)16-11-13-3-1-2-4-15(13)21-16/h1-8,11H,9-10H2,(H,19,20). The number of furan rings is 1. The summed E-state index contributed by atoms with van der Waals surface area (Å²) in [5, 5.41) is 4.50. The second-order valence-electron chi connectivity index (χ2n) is 4.78. The minimum absolute atomic E-state index is 0.194. The maximum Gasteiger partial charge on any atom is 0.287 e. The number of hydrogen-bond donors (Lipinski definition) is 1. The van der Waals surface area contributed by atoms with Gasteiger partial charge in [0.25, 0.3) is 5.91 Å². The number of nitrogens with one attached hydrogen (secondary N) is 1. The van der Waals surface area contributed by atoms with Gasteiger partial charge in [-0.3, -0.25) is 4.79 Å². The number of hydrogen-bond acceptors (Lipinski definition) is 2. The zero-order chi connectivity index (χ0) is 14.7. The van der Waals surface area contributed by atoms with Crippen molar-refractivity contribution >= 4 is 28.5 Å². The van der Waals surface area contributed by atoms with Gasteiger partial charge in [-0.2, -0.15) is 0 Å². The molecule has 0 spiro atoms. The summed E-state index contributed by atoms with van der Waals surface area (Å²) < 4.78 is 5.52. The van der Waals surface area contributed by atoms with Crippen molar-refractivity contribution in [2.75, 3.05) is 6.54 Å². The average Bonchev–Trinajstić information content (AvgIpc) is 2.93. The average molecular weight is 300 g/mol. The summed E-state index contributed by atoms with van der Waals surface area (Å²) in [4.78, 5) is 12.0. The molecule has 1 heterocycles. The summed E-state index contributed by atoms with van der Waals surface area (Å²) in [6.07, 6.45) is 0.753. The van der Waals surface area contributed by atoms with Crippen molar-refractivity contribution in [2.45, 2.75) is 6.42 Å². The molecule has 1 amide bonds. The summed E-state index contributed by atoms with van der Waals surface area (Å²) in [6.45, 7) is 0.553. The van der Waals surface area contributed by atoms with E-state index < -0.39 is 0 Å². The molecule has 0 saturated heterocycles. The van der Waals surface area contributed by atoms with Gasteiger partial charge in [0.05, 0.1) is 0 Å². The Labute approximate surface area is 127 Å². The van der Waals surface area contributed by atoms with Gasteiger partial charge < -0.3 is 9.73 Å². The lowest BCUT2D eigenvalue weighted by molar-refractivity contribution is 0.0928. The van der Waals surface area contributed by atoms with Crippen LogP contribution >= 0.6 is 11.6 Å². The van der Waals surface area contributed by atoms with Gasteiger partial charge in [0.1, 0.15) is 5.58 Å². The molecule has 3 rings (SSSR count). The largest absolute Gasteiger partial charge is 0.451 e. The van der Waals surface area contributed by atoms with Crippen molar-refractivity contribution in [3.05, 3.63) is 70.9 Å². The van der Waals surface area contributed by atoms with Crippen LogP contribution in [0.25, 0.3) is 11.0 Å². The molecule has 0 unspecified atom stereocenters. The molecule has 0 bridgehead atoms. The van der Waals surface area contributed by atoms with Crippen LogP contribution in [-0.2, 0) is 6.42 Å². The molecule has 0 aliphatic rings. The van der Waals surface area contributed by atoms with E-state index in [1.807, 2.05) is 48.5 Å². The van der Waals surface area contributed by atoms with Crippen LogP contribution in [-0.4, -0.2) is 12.5 Å². The van der Waals surface area contributed by atoms with Crippen LogP contribution in [0.5, 0.6) is 0 Å². The molecule has 0 atom stereocenters. The Morgan fingerprint density at radius 2 is 1.86 bits per heavy atom. The first-order valence-electron chi connectivity index (χ1n) is 6.73. The Bertz CT molecular complexity index is 729. The van der Waals surface area contributed by atoms with Crippen molar-refractivity contribution in [3.63, 3.8) is 0 Å². The Balaban J connectivity index is 1.60. The Morgan fingerprint density at radius 1 is 1.10 bits per heavy atom. The predicted octanol–water partition coefficient (Wildman–Crippen LogP) is 4.06. The van der Waals surface area contributed by atoms with Crippen molar-refractivity contribution < 1.29 is 9.21 Å². The minimum Gasteiger partial charge on any atom is -0.451 e. The van der Waals surface area contributed by atoms with Crippen LogP contribution in [0.3, 0.4) is 0 Å². The SMILES string of the molecule is O=C(NCCc1ccc(Cl)cc1)c1cc2ccccc2o1. The van der Waals surface area contributed by atoms with E-state index in [0.717, 1.165) is 23.0 Å². The molecule has 0 radical (unpaired) electrons. The molecule has 0 fully saturated rings. The van der Waals surface area contributed by atoms with Crippen LogP contribution in [0.4, 0.5) is 0 Å². The van der Waals surface area contributed by atoms with E-state index >= 15 is 0 Å². The fraction of sp³-hybridized carbons (Fsp3) is 0.118. The quantitative estimate of drug-likeness (QED) is 0.789. The van der Waals surface area contributed by atoms with Crippen LogP contribution in [0.1, 0.15) is 16.1 Å². The van der Waals surface area contributed by atoms with Gasteiger partial charge in [0, 0.05) is 17.0 Å². The van der Waals surface area contributed by atoms with Gasteiger partial charge in [0.2, 0.25) is 0 Å². The molecule has 0 aliphatic heterocycles. The predicted molar refractivity (Wildman–Crippen MR) is 83.7 cm³/mol. The van der Waals surface area contributed by atoms with E-state index in [9.17, 15) is 4.79 Å². The zero-order valence-corrected chi connectivity index (χ0v) is 12.1. The second kappa shape index (κ2) is 6.02. The van der Waals surface area contributed by atoms with Gasteiger partial charge in [-0.15, -0.1) is 0 Å². The van der Waals surface area contributed by atoms with Crippen LogP contribution in [0, 0.1) is 0 Å². The lowest BCUT2D eigenvalue weighted by atomic mass is 10.1. The fourth-order valence-electron chi connectivity index (χ4n) is 2.15. The topological polar surface area (TPSA) is 42.2 Å². The highest BCUT2D eigenvalue weighted by atomic mass is 35.5. The number of fused-ring (bicyclic) bond motifs is 1. The van der Waals surface area contributed by atoms with E-state index in [1.165, 1.54) is 0 Å². The lowest BCUT2D eigenvalue weighted by Gasteiger charge is -2.03. The Hall–Kier alpha value is -2.26. The maximum absolute atomic E-state index is 12.0. The molecule has 2 aromatic carbocycles. The zero-order valence-electron chi connectivity index (χ0n) is 11.3. The van der Waals surface area contributed by atoms with Crippen molar-refractivity contribution in [1.82, 2.24) is 5.32 Å². The smallest absolute Gasteiger partial charge is 0.287 e. The first-order valence-corrected chi connectivity index (χ1v) is 7.11. The third kappa shape index (κ3) is 3.26. The summed E-state index contributed by atoms with van der Waals surface area (Å²) in [5.74, 6) is 0.146. The number of carbonyl (C=O) groups excluding carboxylic acids is 1. The van der Waals surface area contributed by atoms with Gasteiger partial charge in [0.15, 0.2) is 5.76 Å². The number of carbonyl (C=O) groups is 1. The van der Waals surface area contributed by atoms with Gasteiger partial charge in [-0.05, 0) is 36.2 Å². The van der Waals surface area contributed by atoms with E-state index in [2.05, 4.69) is 5.32 Å². The number of amides is 1. The van der Waals surface area contributed by atoms with E-state index in [0.29, 0.717) is 17.3 Å². The monoisotopic (exact) mass is 299 g/mol. The molecule has 1 N–H and O–H groups in total. The molecule has 106 valence electrons. The van der Waals surface area contributed by atoms with E-state index in [4.69, 9.17) is 16.0 Å². The number of halogens is 1. The highest BCUT2D eigenvalue weighted by molar-refractivity contribution is 6.30. The summed E-state index contributed by atoms with van der Waals surface area (Å²) >= 11 is 5.83. The molecule has 0 saturated carbocycles. The highest BCUT2D eigenvalue weighted by Gasteiger charge is 2.11. The molecular formula is C17H14ClNO2. The highest BCUT2D eigenvalue weighted by Crippen LogP contribution is 2.18. The fourth-order valence-corrected chi connectivity index (χ4v) is 2.28. The van der Waals surface area contributed by atoms with Gasteiger partial charge in [-0.1, -0.05) is 41.9 Å². The van der Waals surface area contributed by atoms with Crippen LogP contribution < -0.4 is 5.32 Å². The number of benzene rings is 2. The molecule has 4 heteroatoms. The molecule has 3 aromatic rings. The maximum atomic E-state index is 12.0. The third-order valence-corrected chi connectivity index (χ3v) is 3.51. The molecule has 21 heavy (non-hydrogen) atoms. The van der Waals surface area contributed by atoms with Gasteiger partial charge >= 0.3 is 0 Å². The van der Waals surface area contributed by atoms with Crippen LogP contribution in [0.15, 0.2) is 59.0 Å². The summed E-state index contributed by atoms with van der Waals surface area (Å²) in [7, 11) is 0. The van der Waals surface area contributed by atoms with Crippen molar-refractivity contribution in [2.24, 2.45) is 0 Å². The van der Waals surface area contributed by atoms with Crippen molar-refractivity contribution in [1.29, 1.82) is 0 Å². The summed E-state index contributed by atoms with van der Waals surface area (Å²) in [6, 6.07) is 16.9. The van der Waals surface area contributed by atoms with Crippen molar-refractivity contribution in [3.8, 4) is 0 Å². The molecule has 3 nitrogen and oxygen atoms in total. The third-order valence-electron chi connectivity index (χ3n) is 3.26. The Morgan fingerprint density at radius 3 is 2.62 bits per heavy atom. The molecule has 0 aliphatic carbocycles. The second-order valence-corrected chi connectivity index (χ2v) is 5.22. The molecular weight excluding hydrogens is 286 g/mol. The van der Waals surface area contributed by atoms with E-state index in [-0.39, 0.29) is 5.91 Å². The lowest BCUT2D eigenvalue weighted by Crippen LogP contribution is -2.25. The Kier molecular flexibility index (Phi) is 3.93. The number of para-hydroxylation sites is 1. The van der Waals surface area contributed by atoms with E-state index in [1.54, 1.807) is 6.07 Å². The minimum atomic E-state index is -0.194. The first-order chi connectivity index (χ1) is 10.2. The van der Waals surface area contributed by atoms with Crippen LogP contribution in [0.2, 0.25) is 5.02 Å². The first kappa shape index (κ1) is 13.7. The van der Waals surface area contributed by atoms with Gasteiger partial charge in [-0.25, -0.2) is 0 Å². The number of rotatable bonds is 4.